The molecular weight excluding hydrogens is 440 g/mol. The Morgan fingerprint density at radius 2 is 2.00 bits per heavy atom. The van der Waals surface area contributed by atoms with Crippen LogP contribution in [-0.4, -0.2) is 43.5 Å². The first-order valence-electron chi connectivity index (χ1n) is 9.23. The fourth-order valence-electron chi connectivity index (χ4n) is 3.16. The van der Waals surface area contributed by atoms with Crippen LogP contribution in [-0.2, 0) is 11.3 Å². The average Bonchev–Trinajstić information content (AvgIpc) is 3.22. The maximum Gasteiger partial charge on any atom is 0.173 e. The molecule has 2 aromatic carbocycles. The van der Waals surface area contributed by atoms with Gasteiger partial charge in [-0.25, -0.2) is 0 Å². The SMILES string of the molecule is COc1ccc(NC(=S)N(Cc2ccc(Br)cc2)CC2CCCO2)c(OC)c1. The van der Waals surface area contributed by atoms with Gasteiger partial charge in [-0.15, -0.1) is 0 Å². The Morgan fingerprint density at radius 1 is 1.21 bits per heavy atom. The fourth-order valence-corrected chi connectivity index (χ4v) is 3.67. The van der Waals surface area contributed by atoms with Crippen molar-refractivity contribution in [2.24, 2.45) is 0 Å². The molecule has 0 spiro atoms. The Hall–Kier alpha value is -1.83. The quantitative estimate of drug-likeness (QED) is 0.591. The monoisotopic (exact) mass is 464 g/mol. The molecule has 5 nitrogen and oxygen atoms in total. The summed E-state index contributed by atoms with van der Waals surface area (Å²) in [5.74, 6) is 1.42. The normalized spacial score (nSPS) is 15.9. The molecule has 1 fully saturated rings. The molecule has 1 atom stereocenters. The summed E-state index contributed by atoms with van der Waals surface area (Å²) in [6, 6.07) is 13.9. The molecule has 1 aliphatic heterocycles. The van der Waals surface area contributed by atoms with Gasteiger partial charge in [-0.1, -0.05) is 28.1 Å². The van der Waals surface area contributed by atoms with Gasteiger partial charge < -0.3 is 24.4 Å². The number of halogens is 1. The van der Waals surface area contributed by atoms with E-state index < -0.39 is 0 Å². The Labute approximate surface area is 180 Å². The fraction of sp³-hybridized carbons (Fsp3) is 0.381. The van der Waals surface area contributed by atoms with Crippen molar-refractivity contribution in [3.8, 4) is 11.5 Å². The van der Waals surface area contributed by atoms with Crippen LogP contribution in [0.3, 0.4) is 0 Å². The number of methoxy groups -OCH3 is 2. The molecule has 7 heteroatoms. The van der Waals surface area contributed by atoms with Crippen molar-refractivity contribution >= 4 is 38.9 Å². The Bertz CT molecular complexity index is 795. The minimum atomic E-state index is 0.202. The van der Waals surface area contributed by atoms with E-state index in [0.29, 0.717) is 17.4 Å². The lowest BCUT2D eigenvalue weighted by atomic mass is 10.2. The van der Waals surface area contributed by atoms with Crippen molar-refractivity contribution in [2.75, 3.05) is 32.7 Å². The van der Waals surface area contributed by atoms with Crippen LogP contribution >= 0.6 is 28.1 Å². The lowest BCUT2D eigenvalue weighted by Gasteiger charge is -2.29. The van der Waals surface area contributed by atoms with E-state index in [1.54, 1.807) is 14.2 Å². The van der Waals surface area contributed by atoms with Crippen molar-refractivity contribution in [3.05, 3.63) is 52.5 Å². The molecule has 0 aliphatic carbocycles. The zero-order valence-corrected chi connectivity index (χ0v) is 18.5. The van der Waals surface area contributed by atoms with Crippen molar-refractivity contribution in [2.45, 2.75) is 25.5 Å². The van der Waals surface area contributed by atoms with Crippen LogP contribution in [0.15, 0.2) is 46.9 Å². The number of ether oxygens (including phenoxy) is 3. The van der Waals surface area contributed by atoms with E-state index in [2.05, 4.69) is 38.3 Å². The highest BCUT2D eigenvalue weighted by Gasteiger charge is 2.22. The van der Waals surface area contributed by atoms with Gasteiger partial charge in [0.2, 0.25) is 0 Å². The van der Waals surface area contributed by atoms with E-state index in [1.807, 2.05) is 30.3 Å². The summed E-state index contributed by atoms with van der Waals surface area (Å²) >= 11 is 9.24. The molecule has 150 valence electrons. The molecule has 1 heterocycles. The van der Waals surface area contributed by atoms with Crippen LogP contribution in [0.2, 0.25) is 0 Å². The molecule has 0 aromatic heterocycles. The van der Waals surface area contributed by atoms with Crippen LogP contribution < -0.4 is 14.8 Å². The molecule has 0 saturated carbocycles. The summed E-state index contributed by atoms with van der Waals surface area (Å²) < 4.78 is 17.7. The van der Waals surface area contributed by atoms with E-state index in [0.717, 1.165) is 41.9 Å². The molecule has 1 saturated heterocycles. The number of hydrogen-bond donors (Lipinski definition) is 1. The van der Waals surface area contributed by atoms with Gasteiger partial charge in [-0.05, 0) is 54.9 Å². The molecule has 1 unspecified atom stereocenters. The molecule has 28 heavy (non-hydrogen) atoms. The van der Waals surface area contributed by atoms with Gasteiger partial charge in [0.25, 0.3) is 0 Å². The van der Waals surface area contributed by atoms with E-state index >= 15 is 0 Å². The number of thiocarbonyl (C=S) groups is 1. The van der Waals surface area contributed by atoms with Gasteiger partial charge in [0.1, 0.15) is 11.5 Å². The van der Waals surface area contributed by atoms with Gasteiger partial charge in [-0.2, -0.15) is 0 Å². The lowest BCUT2D eigenvalue weighted by molar-refractivity contribution is 0.0905. The number of rotatable bonds is 7. The maximum absolute atomic E-state index is 5.84. The Morgan fingerprint density at radius 3 is 2.64 bits per heavy atom. The molecule has 3 rings (SSSR count). The standard InChI is InChI=1S/C21H25BrN2O3S/c1-25-17-9-10-19(20(12-17)26-2)23-21(28)24(14-18-4-3-11-27-18)13-15-5-7-16(22)8-6-15/h5-10,12,18H,3-4,11,13-14H2,1-2H3,(H,23,28). The summed E-state index contributed by atoms with van der Waals surface area (Å²) in [7, 11) is 3.27. The van der Waals surface area contributed by atoms with E-state index in [4.69, 9.17) is 26.4 Å². The summed E-state index contributed by atoms with van der Waals surface area (Å²) in [5, 5.41) is 3.97. The average molecular weight is 465 g/mol. The number of anilines is 1. The molecule has 0 amide bonds. The van der Waals surface area contributed by atoms with Crippen LogP contribution in [0.4, 0.5) is 5.69 Å². The predicted molar refractivity (Wildman–Crippen MR) is 119 cm³/mol. The highest BCUT2D eigenvalue weighted by Crippen LogP contribution is 2.29. The third kappa shape index (κ3) is 5.59. The summed E-state index contributed by atoms with van der Waals surface area (Å²) in [5.41, 5.74) is 1.99. The van der Waals surface area contributed by atoms with Gasteiger partial charge in [0.05, 0.1) is 26.0 Å². The number of nitrogens with one attached hydrogen (secondary N) is 1. The summed E-state index contributed by atoms with van der Waals surface area (Å²) in [6.45, 7) is 2.28. The predicted octanol–water partition coefficient (Wildman–Crippen LogP) is 4.84. The van der Waals surface area contributed by atoms with Crippen LogP contribution in [0.25, 0.3) is 0 Å². The van der Waals surface area contributed by atoms with Crippen LogP contribution in [0.5, 0.6) is 11.5 Å². The minimum Gasteiger partial charge on any atom is -0.497 e. The molecule has 0 bridgehead atoms. The second-order valence-corrected chi connectivity index (χ2v) is 7.94. The van der Waals surface area contributed by atoms with Crippen molar-refractivity contribution in [1.29, 1.82) is 0 Å². The zero-order chi connectivity index (χ0) is 19.9. The van der Waals surface area contributed by atoms with Gasteiger partial charge in [0.15, 0.2) is 5.11 Å². The minimum absolute atomic E-state index is 0.202. The van der Waals surface area contributed by atoms with E-state index in [9.17, 15) is 0 Å². The maximum atomic E-state index is 5.84. The largest absolute Gasteiger partial charge is 0.497 e. The number of nitrogens with zero attached hydrogens (tertiary/aromatic N) is 1. The van der Waals surface area contributed by atoms with Crippen molar-refractivity contribution < 1.29 is 14.2 Å². The third-order valence-electron chi connectivity index (χ3n) is 4.67. The van der Waals surface area contributed by atoms with Crippen LogP contribution in [0.1, 0.15) is 18.4 Å². The van der Waals surface area contributed by atoms with Gasteiger partial charge in [0, 0.05) is 30.2 Å². The lowest BCUT2D eigenvalue weighted by Crippen LogP contribution is -2.39. The third-order valence-corrected chi connectivity index (χ3v) is 5.56. The molecular formula is C21H25BrN2O3S. The molecule has 1 N–H and O–H groups in total. The highest BCUT2D eigenvalue weighted by molar-refractivity contribution is 9.10. The number of benzene rings is 2. The Kier molecular flexibility index (Phi) is 7.53. The number of hydrogen-bond acceptors (Lipinski definition) is 4. The molecule has 1 aliphatic rings. The highest BCUT2D eigenvalue weighted by atomic mass is 79.9. The molecule has 0 radical (unpaired) electrons. The zero-order valence-electron chi connectivity index (χ0n) is 16.1. The van der Waals surface area contributed by atoms with Gasteiger partial charge >= 0.3 is 0 Å². The first-order chi connectivity index (χ1) is 13.6. The topological polar surface area (TPSA) is 43.0 Å². The smallest absolute Gasteiger partial charge is 0.173 e. The first kappa shape index (κ1) is 20.9. The van der Waals surface area contributed by atoms with E-state index in [1.165, 1.54) is 5.56 Å². The summed E-state index contributed by atoms with van der Waals surface area (Å²) in [4.78, 5) is 2.15. The summed E-state index contributed by atoms with van der Waals surface area (Å²) in [6.07, 6.45) is 2.36. The van der Waals surface area contributed by atoms with Gasteiger partial charge in [-0.3, -0.25) is 0 Å². The second kappa shape index (κ2) is 10.1. The first-order valence-corrected chi connectivity index (χ1v) is 10.4. The van der Waals surface area contributed by atoms with Crippen LogP contribution in [0, 0.1) is 0 Å². The second-order valence-electron chi connectivity index (χ2n) is 6.64. The van der Waals surface area contributed by atoms with Crippen molar-refractivity contribution in [3.63, 3.8) is 0 Å². The Balaban J connectivity index is 1.76. The molecule has 2 aromatic rings. The van der Waals surface area contributed by atoms with Crippen molar-refractivity contribution in [1.82, 2.24) is 4.90 Å². The van der Waals surface area contributed by atoms with E-state index in [-0.39, 0.29) is 6.10 Å².